The number of likely N-dealkylation sites (tertiary alicyclic amines) is 1. The fraction of sp³-hybridized carbons (Fsp3) is 0.333. The number of benzene rings is 2. The maximum Gasteiger partial charge on any atom is 0.308 e. The summed E-state index contributed by atoms with van der Waals surface area (Å²) >= 11 is 0. The lowest BCUT2D eigenvalue weighted by Crippen LogP contribution is -2.44. The number of aliphatic carboxylic acids is 1. The van der Waals surface area contributed by atoms with Crippen LogP contribution in [0.2, 0.25) is 0 Å². The summed E-state index contributed by atoms with van der Waals surface area (Å²) in [5, 5.41) is 9.15. The zero-order chi connectivity index (χ0) is 18.4. The monoisotopic (exact) mass is 353 g/mol. The van der Waals surface area contributed by atoms with Crippen LogP contribution in [0.15, 0.2) is 54.6 Å². The van der Waals surface area contributed by atoms with Gasteiger partial charge in [0.15, 0.2) is 6.61 Å². The number of ether oxygens (including phenoxy) is 1. The number of nitrogens with zero attached hydrogens (tertiary/aromatic N) is 1. The maximum absolute atomic E-state index is 12.4. The molecule has 1 atom stereocenters. The van der Waals surface area contributed by atoms with Crippen LogP contribution in [0.25, 0.3) is 0 Å². The average molecular weight is 353 g/mol. The van der Waals surface area contributed by atoms with Gasteiger partial charge in [-0.25, -0.2) is 0 Å². The molecule has 0 saturated carbocycles. The van der Waals surface area contributed by atoms with E-state index < -0.39 is 11.9 Å². The van der Waals surface area contributed by atoms with E-state index in [2.05, 4.69) is 12.1 Å². The van der Waals surface area contributed by atoms with E-state index in [4.69, 9.17) is 9.84 Å². The molecule has 5 nitrogen and oxygen atoms in total. The molecule has 26 heavy (non-hydrogen) atoms. The summed E-state index contributed by atoms with van der Waals surface area (Å²) in [4.78, 5) is 25.2. The van der Waals surface area contributed by atoms with Crippen molar-refractivity contribution in [3.05, 3.63) is 65.7 Å². The van der Waals surface area contributed by atoms with Crippen LogP contribution in [-0.2, 0) is 16.0 Å². The first-order chi connectivity index (χ1) is 12.6. The lowest BCUT2D eigenvalue weighted by atomic mass is 9.98. The Morgan fingerprint density at radius 3 is 2.58 bits per heavy atom. The van der Waals surface area contributed by atoms with Crippen molar-refractivity contribution in [2.45, 2.75) is 19.3 Å². The molecule has 3 rings (SSSR count). The van der Waals surface area contributed by atoms with Crippen LogP contribution in [0.3, 0.4) is 0 Å². The lowest BCUT2D eigenvalue weighted by molar-refractivity contribution is -0.146. The number of carbonyl (C=O) groups is 2. The highest BCUT2D eigenvalue weighted by atomic mass is 16.5. The molecule has 1 N–H and O–H groups in total. The van der Waals surface area contributed by atoms with Crippen LogP contribution >= 0.6 is 0 Å². The molecule has 1 heterocycles. The number of carboxylic acids is 1. The molecule has 5 heteroatoms. The molecule has 0 aromatic heterocycles. The van der Waals surface area contributed by atoms with Gasteiger partial charge in [0.2, 0.25) is 0 Å². The van der Waals surface area contributed by atoms with E-state index in [1.165, 1.54) is 5.56 Å². The quantitative estimate of drug-likeness (QED) is 0.867. The summed E-state index contributed by atoms with van der Waals surface area (Å²) in [7, 11) is 0. The average Bonchev–Trinajstić information content (AvgIpc) is 2.68. The molecule has 0 spiro atoms. The zero-order valence-electron chi connectivity index (χ0n) is 14.6. The number of piperidine rings is 1. The predicted octanol–water partition coefficient (Wildman–Crippen LogP) is 2.98. The minimum atomic E-state index is -0.836. The molecule has 2 aromatic rings. The van der Waals surface area contributed by atoms with Gasteiger partial charge in [0.1, 0.15) is 5.75 Å². The number of amides is 1. The van der Waals surface area contributed by atoms with E-state index in [1.54, 1.807) is 4.90 Å². The van der Waals surface area contributed by atoms with Gasteiger partial charge in [-0.05, 0) is 30.0 Å². The van der Waals surface area contributed by atoms with Crippen molar-refractivity contribution in [1.82, 2.24) is 4.90 Å². The Labute approximate surface area is 153 Å². The molecule has 0 bridgehead atoms. The molecule has 1 saturated heterocycles. The minimum absolute atomic E-state index is 0.0713. The first-order valence-electron chi connectivity index (χ1n) is 8.88. The van der Waals surface area contributed by atoms with E-state index in [9.17, 15) is 9.59 Å². The first kappa shape index (κ1) is 18.0. The van der Waals surface area contributed by atoms with Crippen molar-refractivity contribution >= 4 is 11.9 Å². The minimum Gasteiger partial charge on any atom is -0.483 e. The smallest absolute Gasteiger partial charge is 0.308 e. The third-order valence-corrected chi connectivity index (χ3v) is 4.68. The third-order valence-electron chi connectivity index (χ3n) is 4.68. The Hall–Kier alpha value is -2.82. The second-order valence-electron chi connectivity index (χ2n) is 6.58. The Morgan fingerprint density at radius 1 is 1.08 bits per heavy atom. The van der Waals surface area contributed by atoms with Crippen molar-refractivity contribution < 1.29 is 19.4 Å². The SMILES string of the molecule is O=C(O)C1CCCN(C(=O)COc2ccccc2Cc2ccccc2)C1. The van der Waals surface area contributed by atoms with E-state index in [-0.39, 0.29) is 19.1 Å². The van der Waals surface area contributed by atoms with Gasteiger partial charge >= 0.3 is 5.97 Å². The zero-order valence-corrected chi connectivity index (χ0v) is 14.6. The van der Waals surface area contributed by atoms with E-state index in [0.717, 1.165) is 12.0 Å². The van der Waals surface area contributed by atoms with Crippen molar-refractivity contribution in [3.8, 4) is 5.75 Å². The number of hydrogen-bond acceptors (Lipinski definition) is 3. The standard InChI is InChI=1S/C21H23NO4/c23-20(22-12-6-10-18(14-22)21(24)25)15-26-19-11-5-4-9-17(19)13-16-7-2-1-3-8-16/h1-5,7-9,11,18H,6,10,12-15H2,(H,24,25). The summed E-state index contributed by atoms with van der Waals surface area (Å²) < 4.78 is 5.78. The van der Waals surface area contributed by atoms with E-state index in [1.807, 2.05) is 42.5 Å². The summed E-state index contributed by atoms with van der Waals surface area (Å²) in [5.41, 5.74) is 2.20. The molecular weight excluding hydrogens is 330 g/mol. The molecule has 1 unspecified atom stereocenters. The highest BCUT2D eigenvalue weighted by Crippen LogP contribution is 2.22. The molecule has 0 aliphatic carbocycles. The highest BCUT2D eigenvalue weighted by molar-refractivity contribution is 5.79. The van der Waals surface area contributed by atoms with Crippen molar-refractivity contribution in [1.29, 1.82) is 0 Å². The summed E-state index contributed by atoms with van der Waals surface area (Å²) in [6.45, 7) is 0.791. The van der Waals surface area contributed by atoms with E-state index in [0.29, 0.717) is 25.1 Å². The second kappa shape index (κ2) is 8.52. The second-order valence-corrected chi connectivity index (χ2v) is 6.58. The van der Waals surface area contributed by atoms with Crippen LogP contribution < -0.4 is 4.74 Å². The molecule has 1 aliphatic rings. The summed E-state index contributed by atoms with van der Waals surface area (Å²) in [6, 6.07) is 17.8. The first-order valence-corrected chi connectivity index (χ1v) is 8.88. The Morgan fingerprint density at radius 2 is 1.81 bits per heavy atom. The topological polar surface area (TPSA) is 66.8 Å². The van der Waals surface area contributed by atoms with Crippen LogP contribution in [0, 0.1) is 5.92 Å². The van der Waals surface area contributed by atoms with Crippen LogP contribution in [-0.4, -0.2) is 41.6 Å². The fourth-order valence-corrected chi connectivity index (χ4v) is 3.24. The molecule has 0 radical (unpaired) electrons. The number of rotatable bonds is 6. The summed E-state index contributed by atoms with van der Waals surface area (Å²) in [6.07, 6.45) is 2.07. The van der Waals surface area contributed by atoms with Crippen molar-refractivity contribution in [2.75, 3.05) is 19.7 Å². The molecule has 1 fully saturated rings. The third kappa shape index (κ3) is 4.63. The van der Waals surface area contributed by atoms with Gasteiger partial charge in [-0.2, -0.15) is 0 Å². The van der Waals surface area contributed by atoms with Gasteiger partial charge in [0.05, 0.1) is 5.92 Å². The summed E-state index contributed by atoms with van der Waals surface area (Å²) in [5.74, 6) is -0.781. The molecule has 2 aromatic carbocycles. The molecule has 1 amide bonds. The van der Waals surface area contributed by atoms with Gasteiger partial charge < -0.3 is 14.7 Å². The number of hydrogen-bond donors (Lipinski definition) is 1. The predicted molar refractivity (Wildman–Crippen MR) is 98.1 cm³/mol. The van der Waals surface area contributed by atoms with Gasteiger partial charge in [-0.3, -0.25) is 9.59 Å². The Bertz CT molecular complexity index is 760. The normalized spacial score (nSPS) is 16.9. The van der Waals surface area contributed by atoms with Gasteiger partial charge in [-0.15, -0.1) is 0 Å². The lowest BCUT2D eigenvalue weighted by Gasteiger charge is -2.30. The van der Waals surface area contributed by atoms with Crippen LogP contribution in [0.4, 0.5) is 0 Å². The number of carbonyl (C=O) groups excluding carboxylic acids is 1. The fourth-order valence-electron chi connectivity index (χ4n) is 3.24. The van der Waals surface area contributed by atoms with Gasteiger partial charge in [-0.1, -0.05) is 48.5 Å². The van der Waals surface area contributed by atoms with Gasteiger partial charge in [0.25, 0.3) is 5.91 Å². The number of carboxylic acid groups (broad SMARTS) is 1. The molecule has 1 aliphatic heterocycles. The van der Waals surface area contributed by atoms with Crippen LogP contribution in [0.1, 0.15) is 24.0 Å². The largest absolute Gasteiger partial charge is 0.483 e. The Kier molecular flexibility index (Phi) is 5.89. The maximum atomic E-state index is 12.4. The number of para-hydroxylation sites is 1. The van der Waals surface area contributed by atoms with Crippen molar-refractivity contribution in [3.63, 3.8) is 0 Å². The van der Waals surface area contributed by atoms with Crippen LogP contribution in [0.5, 0.6) is 5.75 Å². The Balaban J connectivity index is 1.61. The molecular formula is C21H23NO4. The van der Waals surface area contributed by atoms with E-state index >= 15 is 0 Å². The van der Waals surface area contributed by atoms with Gasteiger partial charge in [0, 0.05) is 19.5 Å². The van der Waals surface area contributed by atoms with Crippen molar-refractivity contribution in [2.24, 2.45) is 5.92 Å². The highest BCUT2D eigenvalue weighted by Gasteiger charge is 2.28. The molecule has 136 valence electrons.